The highest BCUT2D eigenvalue weighted by Gasteiger charge is 2.31. The van der Waals surface area contributed by atoms with Gasteiger partial charge in [-0.05, 0) is 31.5 Å². The van der Waals surface area contributed by atoms with Crippen LogP contribution in [0.3, 0.4) is 0 Å². The highest BCUT2D eigenvalue weighted by Crippen LogP contribution is 2.30. The van der Waals surface area contributed by atoms with Crippen molar-refractivity contribution in [3.8, 4) is 0 Å². The number of fused-ring (bicyclic) bond motifs is 1. The molecule has 7 heteroatoms. The van der Waals surface area contributed by atoms with E-state index in [4.69, 9.17) is 0 Å². The number of nitrogens with one attached hydrogen (secondary N) is 1. The van der Waals surface area contributed by atoms with E-state index in [9.17, 15) is 9.90 Å². The van der Waals surface area contributed by atoms with Crippen molar-refractivity contribution >= 4 is 22.8 Å². The number of carbonyl (C=O) groups is 1. The van der Waals surface area contributed by atoms with Crippen LogP contribution < -0.4 is 4.90 Å². The minimum absolute atomic E-state index is 0.647. The van der Waals surface area contributed by atoms with Gasteiger partial charge in [0.25, 0.3) is 0 Å². The topological polar surface area (TPSA) is 85.4 Å². The summed E-state index contributed by atoms with van der Waals surface area (Å²) in [5.41, 5.74) is 2.91. The van der Waals surface area contributed by atoms with Crippen molar-refractivity contribution in [2.45, 2.75) is 19.4 Å². The molecule has 0 spiro atoms. The summed E-state index contributed by atoms with van der Waals surface area (Å²) in [5, 5.41) is 11.0. The second-order valence-corrected chi connectivity index (χ2v) is 6.96. The fourth-order valence-electron chi connectivity index (χ4n) is 3.82. The quantitative estimate of drug-likeness (QED) is 0.739. The second kappa shape index (κ2) is 7.36. The minimum Gasteiger partial charge on any atom is -0.480 e. The van der Waals surface area contributed by atoms with Crippen LogP contribution in [0.2, 0.25) is 0 Å². The Balaban J connectivity index is 1.61. The van der Waals surface area contributed by atoms with Crippen LogP contribution in [0, 0.1) is 6.92 Å². The molecule has 0 saturated carbocycles. The number of benzene rings is 1. The lowest BCUT2D eigenvalue weighted by atomic mass is 10.0. The van der Waals surface area contributed by atoms with Crippen LogP contribution in [0.1, 0.15) is 23.6 Å². The lowest BCUT2D eigenvalue weighted by Gasteiger charge is -2.27. The molecule has 0 radical (unpaired) electrons. The molecule has 1 unspecified atom stereocenters. The van der Waals surface area contributed by atoms with Crippen molar-refractivity contribution in [1.82, 2.24) is 19.9 Å². The van der Waals surface area contributed by atoms with Gasteiger partial charge in [-0.15, -0.1) is 0 Å². The maximum Gasteiger partial charge on any atom is 0.325 e. The van der Waals surface area contributed by atoms with E-state index in [1.54, 1.807) is 18.5 Å². The van der Waals surface area contributed by atoms with Gasteiger partial charge in [0, 0.05) is 61.2 Å². The van der Waals surface area contributed by atoms with Gasteiger partial charge >= 0.3 is 5.97 Å². The summed E-state index contributed by atoms with van der Waals surface area (Å²) >= 11 is 0. The van der Waals surface area contributed by atoms with E-state index in [0.29, 0.717) is 19.0 Å². The number of aliphatic carboxylic acids is 1. The van der Waals surface area contributed by atoms with Gasteiger partial charge in [0.1, 0.15) is 6.04 Å². The molecule has 3 heterocycles. The Morgan fingerprint density at radius 2 is 2.00 bits per heavy atom. The van der Waals surface area contributed by atoms with Gasteiger partial charge in [0.05, 0.1) is 0 Å². The molecule has 0 bridgehead atoms. The molecule has 27 heavy (non-hydrogen) atoms. The summed E-state index contributed by atoms with van der Waals surface area (Å²) in [6, 6.07) is 7.22. The molecule has 4 rings (SSSR count). The van der Waals surface area contributed by atoms with Gasteiger partial charge < -0.3 is 15.0 Å². The molecule has 1 fully saturated rings. The summed E-state index contributed by atoms with van der Waals surface area (Å²) in [7, 11) is 0. The number of hydrogen-bond acceptors (Lipinski definition) is 5. The SMILES string of the molecule is Cc1ccc2[nH]cc(C(C(=O)O)N3CCCN(c4ncccn4)CC3)c2c1. The van der Waals surface area contributed by atoms with Gasteiger partial charge in [-0.25, -0.2) is 9.97 Å². The highest BCUT2D eigenvalue weighted by atomic mass is 16.4. The molecule has 7 nitrogen and oxygen atoms in total. The summed E-state index contributed by atoms with van der Waals surface area (Å²) in [4.78, 5) is 28.2. The molecule has 0 aliphatic carbocycles. The van der Waals surface area contributed by atoms with Gasteiger partial charge in [-0.3, -0.25) is 9.69 Å². The van der Waals surface area contributed by atoms with E-state index < -0.39 is 12.0 Å². The first-order valence-corrected chi connectivity index (χ1v) is 9.20. The third kappa shape index (κ3) is 3.50. The summed E-state index contributed by atoms with van der Waals surface area (Å²) in [6.45, 7) is 4.91. The van der Waals surface area contributed by atoms with Crippen LogP contribution in [-0.2, 0) is 4.79 Å². The standard InChI is InChI=1S/C20H23N5O2/c1-14-4-5-17-15(12-14)16(13-23-17)18(19(26)27)24-8-3-9-25(11-10-24)20-21-6-2-7-22-20/h2,4-7,12-13,18,23H,3,8-11H2,1H3,(H,26,27). The summed E-state index contributed by atoms with van der Waals surface area (Å²) in [6.07, 6.45) is 6.17. The molecular weight excluding hydrogens is 342 g/mol. The van der Waals surface area contributed by atoms with E-state index in [2.05, 4.69) is 30.8 Å². The maximum absolute atomic E-state index is 12.2. The van der Waals surface area contributed by atoms with Crippen LogP contribution in [-0.4, -0.2) is 57.1 Å². The van der Waals surface area contributed by atoms with E-state index in [0.717, 1.165) is 41.5 Å². The van der Waals surface area contributed by atoms with Crippen molar-refractivity contribution in [2.24, 2.45) is 0 Å². The Hall–Kier alpha value is -2.93. The lowest BCUT2D eigenvalue weighted by molar-refractivity contribution is -0.143. The Morgan fingerprint density at radius 1 is 1.19 bits per heavy atom. The average Bonchev–Trinajstić information content (AvgIpc) is 2.91. The Morgan fingerprint density at radius 3 is 2.78 bits per heavy atom. The Labute approximate surface area is 157 Å². The molecule has 2 aromatic heterocycles. The Bertz CT molecular complexity index is 940. The first-order valence-electron chi connectivity index (χ1n) is 9.20. The molecule has 1 atom stereocenters. The minimum atomic E-state index is -0.818. The number of carboxylic acids is 1. The number of carboxylic acid groups (broad SMARTS) is 1. The Kier molecular flexibility index (Phi) is 4.77. The molecule has 140 valence electrons. The van der Waals surface area contributed by atoms with Gasteiger partial charge in [-0.2, -0.15) is 0 Å². The smallest absolute Gasteiger partial charge is 0.325 e. The lowest BCUT2D eigenvalue weighted by Crippen LogP contribution is -2.37. The first-order chi connectivity index (χ1) is 13.1. The van der Waals surface area contributed by atoms with Crippen LogP contribution in [0.15, 0.2) is 42.9 Å². The zero-order valence-corrected chi connectivity index (χ0v) is 15.3. The number of aromatic amines is 1. The average molecular weight is 365 g/mol. The number of aromatic nitrogens is 3. The maximum atomic E-state index is 12.2. The first kappa shape index (κ1) is 17.5. The molecular formula is C20H23N5O2. The third-order valence-corrected chi connectivity index (χ3v) is 5.13. The van der Waals surface area contributed by atoms with E-state index in [1.807, 2.05) is 25.3 Å². The number of anilines is 1. The van der Waals surface area contributed by atoms with Gasteiger partial charge in [0.15, 0.2) is 0 Å². The normalized spacial score (nSPS) is 17.0. The molecule has 0 amide bonds. The summed E-state index contributed by atoms with van der Waals surface area (Å²) in [5.74, 6) is -0.115. The zero-order chi connectivity index (χ0) is 18.8. The highest BCUT2D eigenvalue weighted by molar-refractivity contribution is 5.89. The van der Waals surface area contributed by atoms with Crippen LogP contribution in [0.25, 0.3) is 10.9 Å². The fraction of sp³-hybridized carbons (Fsp3) is 0.350. The molecule has 1 aliphatic heterocycles. The molecule has 1 aromatic carbocycles. The number of hydrogen-bond donors (Lipinski definition) is 2. The van der Waals surface area contributed by atoms with Crippen molar-refractivity contribution in [2.75, 3.05) is 31.1 Å². The largest absolute Gasteiger partial charge is 0.480 e. The second-order valence-electron chi connectivity index (χ2n) is 6.96. The van der Waals surface area contributed by atoms with E-state index >= 15 is 0 Å². The summed E-state index contributed by atoms with van der Waals surface area (Å²) < 4.78 is 0. The van der Waals surface area contributed by atoms with Crippen molar-refractivity contribution in [3.63, 3.8) is 0 Å². The monoisotopic (exact) mass is 365 g/mol. The van der Waals surface area contributed by atoms with Gasteiger partial charge in [-0.1, -0.05) is 11.6 Å². The zero-order valence-electron chi connectivity index (χ0n) is 15.3. The number of rotatable bonds is 4. The van der Waals surface area contributed by atoms with Crippen LogP contribution in [0.5, 0.6) is 0 Å². The fourth-order valence-corrected chi connectivity index (χ4v) is 3.82. The predicted molar refractivity (Wildman–Crippen MR) is 104 cm³/mol. The molecule has 2 N–H and O–H groups in total. The van der Waals surface area contributed by atoms with Crippen LogP contribution >= 0.6 is 0 Å². The van der Waals surface area contributed by atoms with Gasteiger partial charge in [0.2, 0.25) is 5.95 Å². The van der Waals surface area contributed by atoms with E-state index in [1.165, 1.54) is 0 Å². The van der Waals surface area contributed by atoms with Crippen LogP contribution in [0.4, 0.5) is 5.95 Å². The van der Waals surface area contributed by atoms with Crippen molar-refractivity contribution in [1.29, 1.82) is 0 Å². The van der Waals surface area contributed by atoms with E-state index in [-0.39, 0.29) is 0 Å². The number of nitrogens with zero attached hydrogens (tertiary/aromatic N) is 4. The number of H-pyrrole nitrogens is 1. The van der Waals surface area contributed by atoms with Crippen molar-refractivity contribution < 1.29 is 9.90 Å². The van der Waals surface area contributed by atoms with Crippen molar-refractivity contribution in [3.05, 3.63) is 54.0 Å². The predicted octanol–water partition coefficient (Wildman–Crippen LogP) is 2.60. The molecule has 1 aliphatic rings. The molecule has 1 saturated heterocycles. The number of aryl methyl sites for hydroxylation is 1. The third-order valence-electron chi connectivity index (χ3n) is 5.13. The molecule has 3 aromatic rings.